The highest BCUT2D eigenvalue weighted by Gasteiger charge is 2.11. The highest BCUT2D eigenvalue weighted by Crippen LogP contribution is 2.28. The summed E-state index contributed by atoms with van der Waals surface area (Å²) < 4.78 is 11.3. The van der Waals surface area contributed by atoms with Crippen LogP contribution in [0.3, 0.4) is 0 Å². The molecule has 1 aromatic carbocycles. The predicted octanol–water partition coefficient (Wildman–Crippen LogP) is 2.45. The molecule has 0 saturated carbocycles. The van der Waals surface area contributed by atoms with Gasteiger partial charge in [-0.1, -0.05) is 12.5 Å². The molecule has 118 valence electrons. The molecule has 1 aliphatic rings. The first kappa shape index (κ1) is 16.1. The second kappa shape index (κ2) is 8.25. The lowest BCUT2D eigenvalue weighted by Gasteiger charge is -2.26. The number of hydrogen-bond acceptors (Lipinski definition) is 4. The maximum absolute atomic E-state index is 5.95. The van der Waals surface area contributed by atoms with E-state index in [1.807, 2.05) is 13.0 Å². The Morgan fingerprint density at radius 3 is 2.62 bits per heavy atom. The molecular formula is C17H28N2O2. The second-order valence-electron chi connectivity index (χ2n) is 5.92. The SMILES string of the molecule is COc1ccc(CC(C)N)cc1OCCN1CCCCC1. The summed E-state index contributed by atoms with van der Waals surface area (Å²) in [6, 6.07) is 6.23. The minimum Gasteiger partial charge on any atom is -0.493 e. The maximum Gasteiger partial charge on any atom is 0.161 e. The average Bonchev–Trinajstić information content (AvgIpc) is 2.48. The Bertz CT molecular complexity index is 429. The molecule has 0 radical (unpaired) electrons. The van der Waals surface area contributed by atoms with Crippen molar-refractivity contribution in [2.45, 2.75) is 38.6 Å². The van der Waals surface area contributed by atoms with Crippen LogP contribution in [0.25, 0.3) is 0 Å². The van der Waals surface area contributed by atoms with Gasteiger partial charge in [0.05, 0.1) is 7.11 Å². The third-order valence-electron chi connectivity index (χ3n) is 3.90. The van der Waals surface area contributed by atoms with Crippen LogP contribution in [-0.2, 0) is 6.42 Å². The first-order chi connectivity index (χ1) is 10.2. The van der Waals surface area contributed by atoms with Gasteiger partial charge in [-0.05, 0) is 57.0 Å². The summed E-state index contributed by atoms with van der Waals surface area (Å²) >= 11 is 0. The number of nitrogens with zero attached hydrogens (tertiary/aromatic N) is 1. The largest absolute Gasteiger partial charge is 0.493 e. The van der Waals surface area contributed by atoms with Crippen molar-refractivity contribution < 1.29 is 9.47 Å². The zero-order chi connectivity index (χ0) is 15.1. The Morgan fingerprint density at radius 2 is 1.95 bits per heavy atom. The fourth-order valence-electron chi connectivity index (χ4n) is 2.80. The number of rotatable bonds is 7. The lowest BCUT2D eigenvalue weighted by atomic mass is 10.1. The van der Waals surface area contributed by atoms with E-state index in [-0.39, 0.29) is 6.04 Å². The number of piperidine rings is 1. The van der Waals surface area contributed by atoms with Gasteiger partial charge in [0, 0.05) is 12.6 Å². The molecule has 21 heavy (non-hydrogen) atoms. The molecule has 1 atom stereocenters. The summed E-state index contributed by atoms with van der Waals surface area (Å²) in [7, 11) is 1.68. The normalized spacial score (nSPS) is 17.5. The topological polar surface area (TPSA) is 47.7 Å². The Hall–Kier alpha value is -1.26. The highest BCUT2D eigenvalue weighted by molar-refractivity contribution is 5.43. The molecule has 0 aromatic heterocycles. The van der Waals surface area contributed by atoms with Gasteiger partial charge in [-0.3, -0.25) is 4.90 Å². The number of ether oxygens (including phenoxy) is 2. The molecule has 4 heteroatoms. The summed E-state index contributed by atoms with van der Waals surface area (Å²) in [5, 5.41) is 0. The Balaban J connectivity index is 1.90. The molecule has 1 heterocycles. The van der Waals surface area contributed by atoms with Crippen LogP contribution in [0.15, 0.2) is 18.2 Å². The smallest absolute Gasteiger partial charge is 0.161 e. The van der Waals surface area contributed by atoms with Crippen LogP contribution in [0.5, 0.6) is 11.5 Å². The summed E-state index contributed by atoms with van der Waals surface area (Å²) in [5.41, 5.74) is 7.06. The second-order valence-corrected chi connectivity index (χ2v) is 5.92. The van der Waals surface area contributed by atoms with Gasteiger partial charge in [0.2, 0.25) is 0 Å². The monoisotopic (exact) mass is 292 g/mol. The van der Waals surface area contributed by atoms with E-state index in [2.05, 4.69) is 17.0 Å². The summed E-state index contributed by atoms with van der Waals surface area (Å²) in [6.07, 6.45) is 4.84. The van der Waals surface area contributed by atoms with Crippen LogP contribution >= 0.6 is 0 Å². The predicted molar refractivity (Wildman–Crippen MR) is 86.1 cm³/mol. The molecule has 0 bridgehead atoms. The average molecular weight is 292 g/mol. The van der Waals surface area contributed by atoms with E-state index < -0.39 is 0 Å². The van der Waals surface area contributed by atoms with E-state index in [1.165, 1.54) is 37.9 Å². The number of benzene rings is 1. The molecule has 2 N–H and O–H groups in total. The number of hydrogen-bond donors (Lipinski definition) is 1. The molecule has 2 rings (SSSR count). The molecule has 0 amide bonds. The third kappa shape index (κ3) is 5.21. The van der Waals surface area contributed by atoms with Crippen molar-refractivity contribution in [3.8, 4) is 11.5 Å². The highest BCUT2D eigenvalue weighted by atomic mass is 16.5. The fourth-order valence-corrected chi connectivity index (χ4v) is 2.80. The molecular weight excluding hydrogens is 264 g/mol. The Morgan fingerprint density at radius 1 is 1.19 bits per heavy atom. The molecule has 1 fully saturated rings. The summed E-state index contributed by atoms with van der Waals surface area (Å²) in [4.78, 5) is 2.47. The van der Waals surface area contributed by atoms with Crippen molar-refractivity contribution >= 4 is 0 Å². The van der Waals surface area contributed by atoms with E-state index in [1.54, 1.807) is 7.11 Å². The lowest BCUT2D eigenvalue weighted by Crippen LogP contribution is -2.33. The van der Waals surface area contributed by atoms with Crippen LogP contribution in [0.4, 0.5) is 0 Å². The minimum absolute atomic E-state index is 0.152. The minimum atomic E-state index is 0.152. The molecule has 1 aromatic rings. The molecule has 1 saturated heterocycles. The van der Waals surface area contributed by atoms with Gasteiger partial charge in [-0.15, -0.1) is 0 Å². The van der Waals surface area contributed by atoms with Gasteiger partial charge >= 0.3 is 0 Å². The molecule has 0 spiro atoms. The van der Waals surface area contributed by atoms with Crippen molar-refractivity contribution in [3.63, 3.8) is 0 Å². The zero-order valence-corrected chi connectivity index (χ0v) is 13.3. The fraction of sp³-hybridized carbons (Fsp3) is 0.647. The third-order valence-corrected chi connectivity index (χ3v) is 3.90. The van der Waals surface area contributed by atoms with Gasteiger partial charge in [0.15, 0.2) is 11.5 Å². The van der Waals surface area contributed by atoms with E-state index in [4.69, 9.17) is 15.2 Å². The van der Waals surface area contributed by atoms with Gasteiger partial charge in [0.25, 0.3) is 0 Å². The van der Waals surface area contributed by atoms with Crippen LogP contribution in [0.2, 0.25) is 0 Å². The van der Waals surface area contributed by atoms with E-state index in [0.29, 0.717) is 6.61 Å². The Labute approximate surface area is 128 Å². The van der Waals surface area contributed by atoms with Crippen LogP contribution in [-0.4, -0.2) is 44.3 Å². The van der Waals surface area contributed by atoms with Gasteiger partial charge in [-0.2, -0.15) is 0 Å². The summed E-state index contributed by atoms with van der Waals surface area (Å²) in [5.74, 6) is 1.62. The van der Waals surface area contributed by atoms with Crippen molar-refractivity contribution in [2.75, 3.05) is 33.4 Å². The first-order valence-electron chi connectivity index (χ1n) is 7.96. The molecule has 0 aliphatic carbocycles. The number of methoxy groups -OCH3 is 1. The molecule has 1 aliphatic heterocycles. The number of likely N-dealkylation sites (tertiary alicyclic amines) is 1. The summed E-state index contributed by atoms with van der Waals surface area (Å²) in [6.45, 7) is 6.11. The van der Waals surface area contributed by atoms with Crippen molar-refractivity contribution in [2.24, 2.45) is 5.73 Å². The zero-order valence-electron chi connectivity index (χ0n) is 13.3. The van der Waals surface area contributed by atoms with Gasteiger partial charge < -0.3 is 15.2 Å². The standard InChI is InChI=1S/C17H28N2O2/c1-14(18)12-15-6-7-16(20-2)17(13-15)21-11-10-19-8-4-3-5-9-19/h6-7,13-14H,3-5,8-12,18H2,1-2H3. The van der Waals surface area contributed by atoms with Crippen LogP contribution in [0, 0.1) is 0 Å². The van der Waals surface area contributed by atoms with Gasteiger partial charge in [0.1, 0.15) is 6.61 Å². The maximum atomic E-state index is 5.95. The van der Waals surface area contributed by atoms with Crippen LogP contribution in [0.1, 0.15) is 31.7 Å². The molecule has 1 unspecified atom stereocenters. The molecule has 4 nitrogen and oxygen atoms in total. The van der Waals surface area contributed by atoms with E-state index in [0.717, 1.165) is 24.5 Å². The van der Waals surface area contributed by atoms with Crippen molar-refractivity contribution in [3.05, 3.63) is 23.8 Å². The van der Waals surface area contributed by atoms with Crippen LogP contribution < -0.4 is 15.2 Å². The quantitative estimate of drug-likeness (QED) is 0.838. The van der Waals surface area contributed by atoms with Crippen molar-refractivity contribution in [1.82, 2.24) is 4.90 Å². The van der Waals surface area contributed by atoms with E-state index >= 15 is 0 Å². The lowest BCUT2D eigenvalue weighted by molar-refractivity contribution is 0.180. The van der Waals surface area contributed by atoms with Crippen molar-refractivity contribution in [1.29, 1.82) is 0 Å². The number of nitrogens with two attached hydrogens (primary N) is 1. The van der Waals surface area contributed by atoms with Gasteiger partial charge in [-0.25, -0.2) is 0 Å². The first-order valence-corrected chi connectivity index (χ1v) is 7.96. The van der Waals surface area contributed by atoms with E-state index in [9.17, 15) is 0 Å². The Kier molecular flexibility index (Phi) is 6.33.